The van der Waals surface area contributed by atoms with Crippen LogP contribution in [0.1, 0.15) is 28.3 Å². The zero-order valence-corrected chi connectivity index (χ0v) is 9.69. The number of hydrogen-bond acceptors (Lipinski definition) is 2. The monoisotopic (exact) mass is 224 g/mol. The van der Waals surface area contributed by atoms with E-state index in [9.17, 15) is 0 Å². The van der Waals surface area contributed by atoms with Gasteiger partial charge in [-0.05, 0) is 22.3 Å². The quantitative estimate of drug-likeness (QED) is 0.821. The van der Waals surface area contributed by atoms with Crippen LogP contribution >= 0.6 is 0 Å². The van der Waals surface area contributed by atoms with Crippen LogP contribution in [-0.2, 0) is 13.1 Å². The van der Waals surface area contributed by atoms with Crippen LogP contribution < -0.4 is 11.1 Å². The molecule has 2 aromatic carbocycles. The summed E-state index contributed by atoms with van der Waals surface area (Å²) in [6.07, 6.45) is 0. The van der Waals surface area contributed by atoms with Gasteiger partial charge in [0.1, 0.15) is 0 Å². The highest BCUT2D eigenvalue weighted by atomic mass is 14.9. The van der Waals surface area contributed by atoms with Crippen molar-refractivity contribution in [1.29, 1.82) is 0 Å². The summed E-state index contributed by atoms with van der Waals surface area (Å²) in [5, 5.41) is 3.56. The predicted molar refractivity (Wildman–Crippen MR) is 69.5 cm³/mol. The molecule has 1 aliphatic heterocycles. The summed E-state index contributed by atoms with van der Waals surface area (Å²) in [6, 6.07) is 17.3. The Balaban J connectivity index is 2.07. The third kappa shape index (κ3) is 1.75. The largest absolute Gasteiger partial charge is 0.326 e. The van der Waals surface area contributed by atoms with E-state index in [1.54, 1.807) is 0 Å². The van der Waals surface area contributed by atoms with Crippen LogP contribution in [0.3, 0.4) is 0 Å². The molecule has 86 valence electrons. The fourth-order valence-corrected chi connectivity index (χ4v) is 2.58. The maximum atomic E-state index is 5.81. The van der Waals surface area contributed by atoms with Crippen LogP contribution in [0.4, 0.5) is 0 Å². The molecular formula is C15H16N2. The molecule has 1 heterocycles. The van der Waals surface area contributed by atoms with E-state index >= 15 is 0 Å². The van der Waals surface area contributed by atoms with Crippen molar-refractivity contribution in [2.24, 2.45) is 5.73 Å². The molecule has 2 heteroatoms. The Labute approximate surface area is 101 Å². The van der Waals surface area contributed by atoms with Crippen molar-refractivity contribution in [3.05, 3.63) is 70.8 Å². The van der Waals surface area contributed by atoms with E-state index in [4.69, 9.17) is 5.73 Å². The highest BCUT2D eigenvalue weighted by molar-refractivity contribution is 5.43. The lowest BCUT2D eigenvalue weighted by atomic mass is 9.95. The van der Waals surface area contributed by atoms with E-state index in [0.717, 1.165) is 6.54 Å². The van der Waals surface area contributed by atoms with Crippen molar-refractivity contribution in [3.8, 4) is 0 Å². The topological polar surface area (TPSA) is 38.0 Å². The van der Waals surface area contributed by atoms with Gasteiger partial charge in [0.2, 0.25) is 0 Å². The molecule has 1 unspecified atom stereocenters. The zero-order chi connectivity index (χ0) is 11.7. The molecule has 1 atom stereocenters. The smallest absolute Gasteiger partial charge is 0.0585 e. The van der Waals surface area contributed by atoms with E-state index in [-0.39, 0.29) is 0 Å². The zero-order valence-electron chi connectivity index (χ0n) is 9.69. The molecule has 0 aromatic heterocycles. The van der Waals surface area contributed by atoms with E-state index in [1.807, 2.05) is 6.07 Å². The summed E-state index contributed by atoms with van der Waals surface area (Å²) in [5.74, 6) is 0. The first kappa shape index (κ1) is 10.5. The van der Waals surface area contributed by atoms with Crippen molar-refractivity contribution in [2.45, 2.75) is 19.1 Å². The van der Waals surface area contributed by atoms with Crippen molar-refractivity contribution in [3.63, 3.8) is 0 Å². The summed E-state index contributed by atoms with van der Waals surface area (Å²) in [7, 11) is 0. The molecule has 1 aliphatic rings. The molecule has 0 aliphatic carbocycles. The molecule has 0 saturated carbocycles. The summed E-state index contributed by atoms with van der Waals surface area (Å²) in [6.45, 7) is 1.54. The normalized spacial score (nSPS) is 18.1. The second-order valence-corrected chi connectivity index (χ2v) is 4.42. The number of hydrogen-bond donors (Lipinski definition) is 2. The van der Waals surface area contributed by atoms with Crippen LogP contribution in [-0.4, -0.2) is 0 Å². The first-order valence-corrected chi connectivity index (χ1v) is 5.99. The Bertz CT molecular complexity index is 534. The van der Waals surface area contributed by atoms with Crippen molar-refractivity contribution < 1.29 is 0 Å². The Morgan fingerprint density at radius 1 is 1.00 bits per heavy atom. The molecule has 3 N–H and O–H groups in total. The Morgan fingerprint density at radius 3 is 2.53 bits per heavy atom. The van der Waals surface area contributed by atoms with Gasteiger partial charge in [-0.1, -0.05) is 48.5 Å². The Kier molecular flexibility index (Phi) is 2.67. The first-order valence-electron chi connectivity index (χ1n) is 5.99. The van der Waals surface area contributed by atoms with Crippen molar-refractivity contribution >= 4 is 0 Å². The number of benzene rings is 2. The maximum Gasteiger partial charge on any atom is 0.0585 e. The lowest BCUT2D eigenvalue weighted by Crippen LogP contribution is -2.16. The van der Waals surface area contributed by atoms with Crippen LogP contribution in [0.25, 0.3) is 0 Å². The third-order valence-electron chi connectivity index (χ3n) is 3.45. The Morgan fingerprint density at radius 2 is 1.71 bits per heavy atom. The van der Waals surface area contributed by atoms with Crippen LogP contribution in [0.15, 0.2) is 48.5 Å². The van der Waals surface area contributed by atoms with Gasteiger partial charge in [0.25, 0.3) is 0 Å². The van der Waals surface area contributed by atoms with Gasteiger partial charge >= 0.3 is 0 Å². The van der Waals surface area contributed by atoms with Crippen LogP contribution in [0.5, 0.6) is 0 Å². The maximum absolute atomic E-state index is 5.81. The second kappa shape index (κ2) is 4.32. The fraction of sp³-hybridized carbons (Fsp3) is 0.200. The molecule has 2 aromatic rings. The average Bonchev–Trinajstić information content (AvgIpc) is 2.82. The van der Waals surface area contributed by atoms with Gasteiger partial charge in [-0.25, -0.2) is 0 Å². The van der Waals surface area contributed by atoms with Gasteiger partial charge in [0.05, 0.1) is 6.04 Å². The minimum atomic E-state index is 0.297. The Hall–Kier alpha value is -1.64. The van der Waals surface area contributed by atoms with Gasteiger partial charge in [0.15, 0.2) is 0 Å². The molecule has 3 rings (SSSR count). The van der Waals surface area contributed by atoms with E-state index < -0.39 is 0 Å². The number of rotatable bonds is 2. The van der Waals surface area contributed by atoms with Gasteiger partial charge in [-0.3, -0.25) is 0 Å². The first-order chi connectivity index (χ1) is 8.40. The molecule has 2 nitrogen and oxygen atoms in total. The van der Waals surface area contributed by atoms with Gasteiger partial charge in [-0.2, -0.15) is 0 Å². The predicted octanol–water partition coefficient (Wildman–Crippen LogP) is 2.34. The summed E-state index contributed by atoms with van der Waals surface area (Å²) < 4.78 is 0. The van der Waals surface area contributed by atoms with Gasteiger partial charge < -0.3 is 11.1 Å². The van der Waals surface area contributed by atoms with E-state index in [1.165, 1.54) is 22.3 Å². The summed E-state index contributed by atoms with van der Waals surface area (Å²) >= 11 is 0. The molecule has 0 bridgehead atoms. The molecular weight excluding hydrogens is 208 g/mol. The van der Waals surface area contributed by atoms with Gasteiger partial charge in [0, 0.05) is 13.1 Å². The van der Waals surface area contributed by atoms with E-state index in [0.29, 0.717) is 12.6 Å². The lowest BCUT2D eigenvalue weighted by Gasteiger charge is -2.16. The average molecular weight is 224 g/mol. The van der Waals surface area contributed by atoms with Crippen LogP contribution in [0.2, 0.25) is 0 Å². The van der Waals surface area contributed by atoms with Crippen LogP contribution in [0, 0.1) is 0 Å². The molecule has 0 amide bonds. The van der Waals surface area contributed by atoms with E-state index in [2.05, 4.69) is 47.8 Å². The summed E-state index contributed by atoms with van der Waals surface area (Å²) in [4.78, 5) is 0. The fourth-order valence-electron chi connectivity index (χ4n) is 2.58. The standard InChI is InChI=1S/C15H16N2/c16-9-11-5-1-3-7-13(11)15-14-8-4-2-6-12(14)10-17-15/h1-8,15,17H,9-10,16H2. The molecule has 0 saturated heterocycles. The lowest BCUT2D eigenvalue weighted by molar-refractivity contribution is 0.660. The molecule has 0 spiro atoms. The van der Waals surface area contributed by atoms with Gasteiger partial charge in [-0.15, -0.1) is 0 Å². The minimum Gasteiger partial charge on any atom is -0.326 e. The van der Waals surface area contributed by atoms with Crippen molar-refractivity contribution in [1.82, 2.24) is 5.32 Å². The highest BCUT2D eigenvalue weighted by Gasteiger charge is 2.23. The second-order valence-electron chi connectivity index (χ2n) is 4.42. The minimum absolute atomic E-state index is 0.297. The molecule has 0 radical (unpaired) electrons. The molecule has 0 fully saturated rings. The number of fused-ring (bicyclic) bond motifs is 1. The third-order valence-corrected chi connectivity index (χ3v) is 3.45. The molecule has 17 heavy (non-hydrogen) atoms. The highest BCUT2D eigenvalue weighted by Crippen LogP contribution is 2.32. The SMILES string of the molecule is NCc1ccccc1C1NCc2ccccc21. The summed E-state index contributed by atoms with van der Waals surface area (Å²) in [5.41, 5.74) is 11.1. The number of nitrogens with two attached hydrogens (primary N) is 1. The van der Waals surface area contributed by atoms with Crippen molar-refractivity contribution in [2.75, 3.05) is 0 Å². The number of nitrogens with one attached hydrogen (secondary N) is 1.